The van der Waals surface area contributed by atoms with Gasteiger partial charge in [-0.2, -0.15) is 4.98 Å². The molecule has 1 aliphatic rings. The van der Waals surface area contributed by atoms with Crippen LogP contribution in [0.5, 0.6) is 0 Å². The molecule has 3 rings (SSSR count). The highest BCUT2D eigenvalue weighted by Crippen LogP contribution is 2.30. The predicted octanol–water partition coefficient (Wildman–Crippen LogP) is 2.45. The van der Waals surface area contributed by atoms with E-state index in [1.807, 2.05) is 18.2 Å². The van der Waals surface area contributed by atoms with E-state index in [0.717, 1.165) is 29.2 Å². The Morgan fingerprint density at radius 3 is 2.78 bits per heavy atom. The van der Waals surface area contributed by atoms with Gasteiger partial charge in [-0.25, -0.2) is 4.98 Å². The van der Waals surface area contributed by atoms with Crippen molar-refractivity contribution in [1.82, 2.24) is 9.97 Å². The number of hydrogen-bond donors (Lipinski definition) is 1. The number of nitrogen functional groups attached to an aromatic ring is 1. The Hall–Kier alpha value is -1.84. The minimum Gasteiger partial charge on any atom is -0.368 e. The van der Waals surface area contributed by atoms with Crippen molar-refractivity contribution < 1.29 is 0 Å². The van der Waals surface area contributed by atoms with Crippen LogP contribution in [0.2, 0.25) is 0 Å². The van der Waals surface area contributed by atoms with Crippen molar-refractivity contribution >= 4 is 22.7 Å². The average molecular weight is 242 g/mol. The van der Waals surface area contributed by atoms with E-state index in [-0.39, 0.29) is 0 Å². The highest BCUT2D eigenvalue weighted by atomic mass is 15.2. The minimum atomic E-state index is 0.351. The first-order valence-corrected chi connectivity index (χ1v) is 6.47. The summed E-state index contributed by atoms with van der Waals surface area (Å²) in [6.45, 7) is 1.06. The first-order valence-electron chi connectivity index (χ1n) is 6.47. The van der Waals surface area contributed by atoms with Gasteiger partial charge in [0.25, 0.3) is 0 Å². The quantitative estimate of drug-likeness (QED) is 0.898. The lowest BCUT2D eigenvalue weighted by Crippen LogP contribution is -2.30. The van der Waals surface area contributed by atoms with Gasteiger partial charge in [-0.05, 0) is 30.9 Å². The number of nitrogens with two attached hydrogens (primary N) is 1. The SMILES string of the molecule is CN(CC1CCC1)c1nc(N)nc2ccccc12. The van der Waals surface area contributed by atoms with Crippen molar-refractivity contribution in [3.63, 3.8) is 0 Å². The number of para-hydroxylation sites is 1. The molecule has 0 saturated heterocycles. The fourth-order valence-electron chi connectivity index (χ4n) is 2.52. The standard InChI is InChI=1S/C14H18N4/c1-18(9-10-5-4-6-10)13-11-7-2-3-8-12(11)16-14(15)17-13/h2-3,7-8,10H,4-6,9H2,1H3,(H2,15,16,17). The zero-order valence-electron chi connectivity index (χ0n) is 10.6. The molecule has 1 heterocycles. The van der Waals surface area contributed by atoms with E-state index in [9.17, 15) is 0 Å². The zero-order valence-corrected chi connectivity index (χ0v) is 10.6. The second-order valence-electron chi connectivity index (χ2n) is 5.10. The molecule has 0 bridgehead atoms. The van der Waals surface area contributed by atoms with Gasteiger partial charge in [-0.1, -0.05) is 18.6 Å². The van der Waals surface area contributed by atoms with Crippen LogP contribution in [0.15, 0.2) is 24.3 Å². The van der Waals surface area contributed by atoms with Crippen LogP contribution in [0, 0.1) is 5.92 Å². The van der Waals surface area contributed by atoms with Gasteiger partial charge in [0.1, 0.15) is 5.82 Å². The Morgan fingerprint density at radius 1 is 1.28 bits per heavy atom. The molecule has 0 spiro atoms. The molecule has 2 aromatic rings. The van der Waals surface area contributed by atoms with Gasteiger partial charge in [0, 0.05) is 19.0 Å². The summed E-state index contributed by atoms with van der Waals surface area (Å²) in [6, 6.07) is 8.03. The molecule has 4 heteroatoms. The van der Waals surface area contributed by atoms with Gasteiger partial charge in [-0.3, -0.25) is 0 Å². The number of anilines is 2. The summed E-state index contributed by atoms with van der Waals surface area (Å²) in [6.07, 6.45) is 4.04. The van der Waals surface area contributed by atoms with Gasteiger partial charge in [-0.15, -0.1) is 0 Å². The molecule has 0 radical (unpaired) electrons. The van der Waals surface area contributed by atoms with E-state index < -0.39 is 0 Å². The van der Waals surface area contributed by atoms with Crippen molar-refractivity contribution in [3.8, 4) is 0 Å². The van der Waals surface area contributed by atoms with Crippen LogP contribution < -0.4 is 10.6 Å². The molecule has 0 atom stereocenters. The summed E-state index contributed by atoms with van der Waals surface area (Å²) < 4.78 is 0. The lowest BCUT2D eigenvalue weighted by Gasteiger charge is -2.31. The van der Waals surface area contributed by atoms with Gasteiger partial charge in [0.05, 0.1) is 5.52 Å². The molecule has 1 aromatic heterocycles. The molecule has 4 nitrogen and oxygen atoms in total. The lowest BCUT2D eigenvalue weighted by molar-refractivity contribution is 0.321. The van der Waals surface area contributed by atoms with Crippen LogP contribution in [-0.2, 0) is 0 Å². The maximum Gasteiger partial charge on any atom is 0.222 e. The Kier molecular flexibility index (Phi) is 2.78. The summed E-state index contributed by atoms with van der Waals surface area (Å²) in [5.74, 6) is 2.11. The molecule has 1 fully saturated rings. The third kappa shape index (κ3) is 1.98. The maximum atomic E-state index is 5.79. The molecule has 0 amide bonds. The van der Waals surface area contributed by atoms with E-state index in [2.05, 4.69) is 28.0 Å². The van der Waals surface area contributed by atoms with Gasteiger partial charge >= 0.3 is 0 Å². The Bertz CT molecular complexity index is 563. The molecule has 1 saturated carbocycles. The molecule has 94 valence electrons. The minimum absolute atomic E-state index is 0.351. The van der Waals surface area contributed by atoms with E-state index in [1.54, 1.807) is 0 Å². The van der Waals surface area contributed by atoms with Crippen LogP contribution in [0.4, 0.5) is 11.8 Å². The van der Waals surface area contributed by atoms with E-state index >= 15 is 0 Å². The number of fused-ring (bicyclic) bond motifs is 1. The highest BCUT2D eigenvalue weighted by molar-refractivity contribution is 5.90. The molecule has 2 N–H and O–H groups in total. The molecule has 1 aromatic carbocycles. The average Bonchev–Trinajstić information content (AvgIpc) is 2.32. The first-order chi connectivity index (χ1) is 8.74. The van der Waals surface area contributed by atoms with Gasteiger partial charge in [0.15, 0.2) is 0 Å². The van der Waals surface area contributed by atoms with Crippen molar-refractivity contribution in [2.24, 2.45) is 5.92 Å². The summed E-state index contributed by atoms with van der Waals surface area (Å²) in [5.41, 5.74) is 6.71. The third-order valence-electron chi connectivity index (χ3n) is 3.72. The Balaban J connectivity index is 1.98. The fourth-order valence-corrected chi connectivity index (χ4v) is 2.52. The second-order valence-corrected chi connectivity index (χ2v) is 5.10. The normalized spacial score (nSPS) is 15.6. The number of benzene rings is 1. The molecule has 1 aliphatic carbocycles. The van der Waals surface area contributed by atoms with Crippen LogP contribution in [0.3, 0.4) is 0 Å². The van der Waals surface area contributed by atoms with E-state index in [0.29, 0.717) is 5.95 Å². The number of aromatic nitrogens is 2. The van der Waals surface area contributed by atoms with Gasteiger partial charge in [0.2, 0.25) is 5.95 Å². The number of nitrogens with zero attached hydrogens (tertiary/aromatic N) is 3. The van der Waals surface area contributed by atoms with Crippen LogP contribution >= 0.6 is 0 Å². The topological polar surface area (TPSA) is 55.0 Å². The first kappa shape index (κ1) is 11.3. The zero-order chi connectivity index (χ0) is 12.5. The summed E-state index contributed by atoms with van der Waals surface area (Å²) in [5, 5.41) is 1.08. The second kappa shape index (κ2) is 4.44. The maximum absolute atomic E-state index is 5.79. The van der Waals surface area contributed by atoms with Crippen molar-refractivity contribution in [3.05, 3.63) is 24.3 Å². The Labute approximate surface area is 107 Å². The number of rotatable bonds is 3. The molecule has 0 unspecified atom stereocenters. The molecule has 18 heavy (non-hydrogen) atoms. The third-order valence-corrected chi connectivity index (χ3v) is 3.72. The van der Waals surface area contributed by atoms with E-state index in [4.69, 9.17) is 5.73 Å². The molecular formula is C14H18N4. The Morgan fingerprint density at radius 2 is 2.06 bits per heavy atom. The van der Waals surface area contributed by atoms with Crippen molar-refractivity contribution in [1.29, 1.82) is 0 Å². The predicted molar refractivity (Wildman–Crippen MR) is 74.6 cm³/mol. The van der Waals surface area contributed by atoms with Crippen LogP contribution in [-0.4, -0.2) is 23.6 Å². The fraction of sp³-hybridized carbons (Fsp3) is 0.429. The summed E-state index contributed by atoms with van der Waals surface area (Å²) in [7, 11) is 2.09. The largest absolute Gasteiger partial charge is 0.368 e. The van der Waals surface area contributed by atoms with Crippen molar-refractivity contribution in [2.45, 2.75) is 19.3 Å². The summed E-state index contributed by atoms with van der Waals surface area (Å²) >= 11 is 0. The van der Waals surface area contributed by atoms with E-state index in [1.165, 1.54) is 19.3 Å². The summed E-state index contributed by atoms with van der Waals surface area (Å²) in [4.78, 5) is 10.9. The van der Waals surface area contributed by atoms with Crippen LogP contribution in [0.1, 0.15) is 19.3 Å². The lowest BCUT2D eigenvalue weighted by atomic mass is 9.85. The highest BCUT2D eigenvalue weighted by Gasteiger charge is 2.20. The molecule has 0 aliphatic heterocycles. The van der Waals surface area contributed by atoms with Crippen LogP contribution in [0.25, 0.3) is 10.9 Å². The van der Waals surface area contributed by atoms with Gasteiger partial charge < -0.3 is 10.6 Å². The molecular weight excluding hydrogens is 224 g/mol. The smallest absolute Gasteiger partial charge is 0.222 e. The monoisotopic (exact) mass is 242 g/mol. The number of hydrogen-bond acceptors (Lipinski definition) is 4. The van der Waals surface area contributed by atoms with Crippen molar-refractivity contribution in [2.75, 3.05) is 24.2 Å².